The number of hydrogen-bond acceptors (Lipinski definition) is 5. The van der Waals surface area contributed by atoms with Crippen molar-refractivity contribution in [2.45, 2.75) is 50.8 Å². The van der Waals surface area contributed by atoms with Crippen LogP contribution in [0.4, 0.5) is 5.69 Å². The zero-order valence-electron chi connectivity index (χ0n) is 15.8. The zero-order valence-corrected chi connectivity index (χ0v) is 17.4. The largest absolute Gasteiger partial charge is 0.494 e. The zero-order chi connectivity index (χ0) is 19.4. The number of thioether (sulfide) groups is 1. The molecule has 0 radical (unpaired) electrons. The Bertz CT molecular complexity index is 823. The van der Waals surface area contributed by atoms with Crippen molar-refractivity contribution in [3.05, 3.63) is 24.3 Å². The van der Waals surface area contributed by atoms with E-state index in [2.05, 4.69) is 11.9 Å². The standard InChI is InChI=1S/C19H26N2O4S2/c1-3-5-10-25-15-9-6-8-14(11-15)21-16-12-27(23,24)13-17(16)26-19(21)20-18(22)7-4-2/h6,8-9,11,16-17H,3-5,7,10,12-13H2,1-2H3/t16-,17+/m1/s1. The molecule has 2 fully saturated rings. The van der Waals surface area contributed by atoms with Crippen molar-refractivity contribution in [1.82, 2.24) is 0 Å². The van der Waals surface area contributed by atoms with E-state index < -0.39 is 9.84 Å². The topological polar surface area (TPSA) is 76.0 Å². The van der Waals surface area contributed by atoms with Crippen molar-refractivity contribution < 1.29 is 17.9 Å². The van der Waals surface area contributed by atoms with E-state index in [0.717, 1.165) is 30.7 Å². The Morgan fingerprint density at radius 2 is 2.11 bits per heavy atom. The second kappa shape index (κ2) is 8.65. The van der Waals surface area contributed by atoms with E-state index in [1.54, 1.807) is 0 Å². The number of carbonyl (C=O) groups is 1. The van der Waals surface area contributed by atoms with Crippen molar-refractivity contribution in [3.8, 4) is 5.75 Å². The van der Waals surface area contributed by atoms with Crippen LogP contribution in [0.25, 0.3) is 0 Å². The van der Waals surface area contributed by atoms with Gasteiger partial charge in [-0.3, -0.25) is 4.79 Å². The summed E-state index contributed by atoms with van der Waals surface area (Å²) in [5.74, 6) is 0.802. The molecule has 2 saturated heterocycles. The minimum Gasteiger partial charge on any atom is -0.494 e. The molecule has 0 spiro atoms. The van der Waals surface area contributed by atoms with Gasteiger partial charge in [0.25, 0.3) is 0 Å². The molecule has 0 N–H and O–H groups in total. The molecule has 3 rings (SSSR count). The lowest BCUT2D eigenvalue weighted by Gasteiger charge is -2.25. The number of rotatable bonds is 7. The summed E-state index contributed by atoms with van der Waals surface area (Å²) in [7, 11) is -3.07. The first-order valence-corrected chi connectivity index (χ1v) is 12.1. The van der Waals surface area contributed by atoms with E-state index in [9.17, 15) is 13.2 Å². The summed E-state index contributed by atoms with van der Waals surface area (Å²) in [6.45, 7) is 4.69. The molecule has 6 nitrogen and oxygen atoms in total. The van der Waals surface area contributed by atoms with Crippen molar-refractivity contribution in [3.63, 3.8) is 0 Å². The van der Waals surface area contributed by atoms with Crippen LogP contribution in [0, 0.1) is 0 Å². The lowest BCUT2D eigenvalue weighted by molar-refractivity contribution is -0.117. The highest BCUT2D eigenvalue weighted by Crippen LogP contribution is 2.41. The Balaban J connectivity index is 1.90. The third-order valence-electron chi connectivity index (χ3n) is 4.61. The van der Waals surface area contributed by atoms with Gasteiger partial charge in [0.15, 0.2) is 15.0 Å². The van der Waals surface area contributed by atoms with E-state index >= 15 is 0 Å². The van der Waals surface area contributed by atoms with Gasteiger partial charge in [-0.25, -0.2) is 8.42 Å². The molecule has 0 saturated carbocycles. The third-order valence-corrected chi connectivity index (χ3v) is 7.82. The first-order chi connectivity index (χ1) is 12.9. The minimum absolute atomic E-state index is 0.0899. The van der Waals surface area contributed by atoms with Crippen LogP contribution in [0.1, 0.15) is 39.5 Å². The summed E-state index contributed by atoms with van der Waals surface area (Å²) in [5.41, 5.74) is 0.823. The number of sulfone groups is 1. The molecule has 8 heteroatoms. The fourth-order valence-corrected chi connectivity index (χ4v) is 7.23. The van der Waals surface area contributed by atoms with Crippen molar-refractivity contribution in [1.29, 1.82) is 0 Å². The number of unbranched alkanes of at least 4 members (excludes halogenated alkanes) is 1. The number of carbonyl (C=O) groups excluding carboxylic acids is 1. The number of anilines is 1. The molecular formula is C19H26N2O4S2. The summed E-state index contributed by atoms with van der Waals surface area (Å²) in [6.07, 6.45) is 3.17. The summed E-state index contributed by atoms with van der Waals surface area (Å²) in [6, 6.07) is 7.41. The predicted octanol–water partition coefficient (Wildman–Crippen LogP) is 3.27. The molecule has 2 heterocycles. The van der Waals surface area contributed by atoms with Gasteiger partial charge in [-0.05, 0) is 25.0 Å². The van der Waals surface area contributed by atoms with Gasteiger partial charge >= 0.3 is 0 Å². The molecule has 0 aromatic heterocycles. The molecule has 2 aliphatic rings. The van der Waals surface area contributed by atoms with Crippen LogP contribution in [0.15, 0.2) is 29.3 Å². The van der Waals surface area contributed by atoms with Crippen LogP contribution in [-0.4, -0.2) is 48.9 Å². The highest BCUT2D eigenvalue weighted by molar-refractivity contribution is 8.16. The Labute approximate surface area is 165 Å². The Kier molecular flexibility index (Phi) is 6.47. The van der Waals surface area contributed by atoms with Gasteiger partial charge in [0.1, 0.15) is 5.75 Å². The number of nitrogens with zero attached hydrogens (tertiary/aromatic N) is 2. The number of aliphatic imine (C=N–C) groups is 1. The summed E-state index contributed by atoms with van der Waals surface area (Å²) in [5, 5.41) is 0.511. The minimum atomic E-state index is -3.07. The second-order valence-corrected chi connectivity index (χ2v) is 10.3. The Morgan fingerprint density at radius 3 is 2.85 bits per heavy atom. The summed E-state index contributed by atoms with van der Waals surface area (Å²) >= 11 is 1.40. The van der Waals surface area contributed by atoms with Crippen LogP contribution in [0.5, 0.6) is 5.75 Å². The molecule has 0 bridgehead atoms. The molecular weight excluding hydrogens is 384 g/mol. The van der Waals surface area contributed by atoms with E-state index in [1.807, 2.05) is 36.1 Å². The maximum Gasteiger partial charge on any atom is 0.248 e. The summed E-state index contributed by atoms with van der Waals surface area (Å²) < 4.78 is 30.0. The molecule has 148 valence electrons. The number of fused-ring (bicyclic) bond motifs is 1. The van der Waals surface area contributed by atoms with Crippen LogP contribution in [-0.2, 0) is 14.6 Å². The van der Waals surface area contributed by atoms with Gasteiger partial charge in [0.2, 0.25) is 5.91 Å². The molecule has 1 aromatic rings. The van der Waals surface area contributed by atoms with Gasteiger partial charge in [0.05, 0.1) is 24.2 Å². The Morgan fingerprint density at radius 1 is 1.30 bits per heavy atom. The first-order valence-electron chi connectivity index (χ1n) is 9.44. The molecule has 2 atom stereocenters. The fraction of sp³-hybridized carbons (Fsp3) is 0.579. The van der Waals surface area contributed by atoms with Gasteiger partial charge in [0, 0.05) is 23.4 Å². The average molecular weight is 411 g/mol. The smallest absolute Gasteiger partial charge is 0.248 e. The predicted molar refractivity (Wildman–Crippen MR) is 110 cm³/mol. The van der Waals surface area contributed by atoms with Gasteiger partial charge in [-0.1, -0.05) is 38.1 Å². The van der Waals surface area contributed by atoms with E-state index in [-0.39, 0.29) is 28.7 Å². The average Bonchev–Trinajstić information content (AvgIpc) is 3.06. The first kappa shape index (κ1) is 20.2. The molecule has 1 aromatic carbocycles. The molecule has 2 aliphatic heterocycles. The lowest BCUT2D eigenvalue weighted by atomic mass is 10.2. The monoisotopic (exact) mass is 410 g/mol. The number of hydrogen-bond donors (Lipinski definition) is 0. The van der Waals surface area contributed by atoms with Gasteiger partial charge < -0.3 is 9.64 Å². The van der Waals surface area contributed by atoms with E-state index in [4.69, 9.17) is 4.74 Å². The van der Waals surface area contributed by atoms with Gasteiger partial charge in [-0.15, -0.1) is 0 Å². The van der Waals surface area contributed by atoms with Crippen molar-refractivity contribution >= 4 is 38.4 Å². The van der Waals surface area contributed by atoms with E-state index in [1.165, 1.54) is 11.8 Å². The number of benzene rings is 1. The van der Waals surface area contributed by atoms with Crippen molar-refractivity contribution in [2.24, 2.45) is 4.99 Å². The molecule has 0 aliphatic carbocycles. The van der Waals surface area contributed by atoms with Crippen LogP contribution in [0.2, 0.25) is 0 Å². The molecule has 0 unspecified atom stereocenters. The lowest BCUT2D eigenvalue weighted by Crippen LogP contribution is -2.37. The number of ether oxygens (including phenoxy) is 1. The number of amidine groups is 1. The summed E-state index contributed by atoms with van der Waals surface area (Å²) in [4.78, 5) is 18.3. The molecule has 27 heavy (non-hydrogen) atoms. The Hall–Kier alpha value is -1.54. The van der Waals surface area contributed by atoms with Gasteiger partial charge in [-0.2, -0.15) is 4.99 Å². The van der Waals surface area contributed by atoms with Crippen LogP contribution >= 0.6 is 11.8 Å². The fourth-order valence-electron chi connectivity index (χ4n) is 3.30. The quantitative estimate of drug-likeness (QED) is 0.642. The molecule has 1 amide bonds. The highest BCUT2D eigenvalue weighted by Gasteiger charge is 2.49. The van der Waals surface area contributed by atoms with E-state index in [0.29, 0.717) is 18.2 Å². The van der Waals surface area contributed by atoms with Crippen LogP contribution < -0.4 is 9.64 Å². The maximum atomic E-state index is 12.1. The third kappa shape index (κ3) is 4.85. The van der Waals surface area contributed by atoms with Crippen molar-refractivity contribution in [2.75, 3.05) is 23.0 Å². The number of amides is 1. The SMILES string of the molecule is CCCCOc1cccc(N2C(=NC(=O)CCC)S[C@H]3CS(=O)(=O)C[C@H]32)c1. The second-order valence-electron chi connectivity index (χ2n) is 6.91. The maximum absolute atomic E-state index is 12.1. The normalized spacial score (nSPS) is 25.0. The highest BCUT2D eigenvalue weighted by atomic mass is 32.2. The van der Waals surface area contributed by atoms with Crippen LogP contribution in [0.3, 0.4) is 0 Å².